The largest absolute Gasteiger partial charge is 0.466 e. The SMILES string of the molecule is COC(=O)C1=COC(=O)[C@H]2[C@@H]1C(=O)[C@H](OC(=O)c1ccc(N)cc1)[C@]2(C)O. The van der Waals surface area contributed by atoms with Gasteiger partial charge in [-0.3, -0.25) is 9.59 Å². The lowest BCUT2D eigenvalue weighted by Gasteiger charge is -2.30. The Morgan fingerprint density at radius 2 is 1.81 bits per heavy atom. The number of aliphatic hydroxyl groups is 1. The summed E-state index contributed by atoms with van der Waals surface area (Å²) >= 11 is 0. The number of fused-ring (bicyclic) bond motifs is 1. The first-order valence-corrected chi connectivity index (χ1v) is 8.00. The molecule has 0 aromatic heterocycles. The summed E-state index contributed by atoms with van der Waals surface area (Å²) < 4.78 is 14.6. The van der Waals surface area contributed by atoms with Crippen LogP contribution >= 0.6 is 0 Å². The minimum Gasteiger partial charge on any atom is -0.466 e. The average Bonchev–Trinajstić information content (AvgIpc) is 2.83. The lowest BCUT2D eigenvalue weighted by Crippen LogP contribution is -2.48. The molecule has 9 nitrogen and oxygen atoms in total. The molecule has 2 aliphatic rings. The van der Waals surface area contributed by atoms with Crippen molar-refractivity contribution in [3.05, 3.63) is 41.7 Å². The highest BCUT2D eigenvalue weighted by molar-refractivity contribution is 6.07. The lowest BCUT2D eigenvalue weighted by atomic mass is 9.81. The summed E-state index contributed by atoms with van der Waals surface area (Å²) in [7, 11) is 1.10. The second-order valence-electron chi connectivity index (χ2n) is 6.49. The molecule has 9 heteroatoms. The molecule has 3 N–H and O–H groups in total. The molecule has 0 saturated heterocycles. The van der Waals surface area contributed by atoms with Crippen LogP contribution < -0.4 is 5.73 Å². The fourth-order valence-electron chi connectivity index (χ4n) is 3.36. The molecule has 1 aromatic rings. The van der Waals surface area contributed by atoms with E-state index >= 15 is 0 Å². The van der Waals surface area contributed by atoms with E-state index in [-0.39, 0.29) is 11.1 Å². The van der Waals surface area contributed by atoms with Gasteiger partial charge < -0.3 is 25.1 Å². The summed E-state index contributed by atoms with van der Waals surface area (Å²) in [6, 6.07) is 5.74. The molecule has 27 heavy (non-hydrogen) atoms. The molecule has 3 rings (SSSR count). The number of methoxy groups -OCH3 is 1. The zero-order valence-electron chi connectivity index (χ0n) is 14.5. The number of hydrogen-bond acceptors (Lipinski definition) is 9. The fraction of sp³-hybridized carbons (Fsp3) is 0.333. The van der Waals surface area contributed by atoms with E-state index in [1.54, 1.807) is 0 Å². The van der Waals surface area contributed by atoms with E-state index in [4.69, 9.17) is 15.2 Å². The minimum absolute atomic E-state index is 0.106. The molecule has 0 amide bonds. The number of esters is 3. The third-order valence-corrected chi connectivity index (χ3v) is 4.74. The molecule has 1 saturated carbocycles. The zero-order valence-corrected chi connectivity index (χ0v) is 14.5. The van der Waals surface area contributed by atoms with E-state index in [0.717, 1.165) is 13.4 Å². The van der Waals surface area contributed by atoms with Crippen molar-refractivity contribution in [1.29, 1.82) is 0 Å². The van der Waals surface area contributed by atoms with Gasteiger partial charge in [0.25, 0.3) is 0 Å². The summed E-state index contributed by atoms with van der Waals surface area (Å²) in [4.78, 5) is 49.3. The number of anilines is 1. The molecular weight excluding hydrogens is 358 g/mol. The van der Waals surface area contributed by atoms with Crippen molar-refractivity contribution in [2.45, 2.75) is 18.6 Å². The van der Waals surface area contributed by atoms with Crippen molar-refractivity contribution >= 4 is 29.4 Å². The highest BCUT2D eigenvalue weighted by atomic mass is 16.6. The van der Waals surface area contributed by atoms with E-state index in [9.17, 15) is 24.3 Å². The number of carbonyl (C=O) groups excluding carboxylic acids is 4. The number of hydrogen-bond donors (Lipinski definition) is 2. The second kappa shape index (κ2) is 6.51. The van der Waals surface area contributed by atoms with E-state index in [1.165, 1.54) is 31.2 Å². The minimum atomic E-state index is -2.07. The summed E-state index contributed by atoms with van der Waals surface area (Å²) in [5.74, 6) is -6.21. The quantitative estimate of drug-likeness (QED) is 0.423. The Kier molecular flexibility index (Phi) is 4.48. The standard InChI is InChI=1S/C18H17NO8/c1-18(24)12-11(10(16(22)25-2)7-26-17(12)23)13(20)14(18)27-15(21)8-3-5-9(19)6-4-8/h3-7,11-12,14,24H,19H2,1-2H3/t11-,12-,14+,18-/m1/s1. The normalized spacial score (nSPS) is 29.4. The molecule has 1 aliphatic carbocycles. The van der Waals surface area contributed by atoms with Gasteiger partial charge in [-0.1, -0.05) is 0 Å². The van der Waals surface area contributed by atoms with Crippen LogP contribution in [0.15, 0.2) is 36.1 Å². The molecule has 0 radical (unpaired) electrons. The number of ether oxygens (including phenoxy) is 3. The molecule has 1 aliphatic heterocycles. The number of benzene rings is 1. The maximum atomic E-state index is 12.8. The summed E-state index contributed by atoms with van der Waals surface area (Å²) in [5, 5.41) is 10.8. The molecule has 142 valence electrons. The number of nitrogen functional groups attached to an aromatic ring is 1. The highest BCUT2D eigenvalue weighted by Gasteiger charge is 2.65. The third-order valence-electron chi connectivity index (χ3n) is 4.74. The molecule has 0 spiro atoms. The van der Waals surface area contributed by atoms with Crippen molar-refractivity contribution in [1.82, 2.24) is 0 Å². The van der Waals surface area contributed by atoms with Crippen LogP contribution in [0.5, 0.6) is 0 Å². The van der Waals surface area contributed by atoms with E-state index in [1.807, 2.05) is 0 Å². The first kappa shape index (κ1) is 18.6. The van der Waals surface area contributed by atoms with Gasteiger partial charge in [0.15, 0.2) is 11.9 Å². The monoisotopic (exact) mass is 375 g/mol. The summed E-state index contributed by atoms with van der Waals surface area (Å²) in [6.45, 7) is 1.18. The summed E-state index contributed by atoms with van der Waals surface area (Å²) in [5.41, 5.74) is 3.80. The Morgan fingerprint density at radius 3 is 2.41 bits per heavy atom. The van der Waals surface area contributed by atoms with E-state index < -0.39 is 47.2 Å². The Balaban J connectivity index is 1.93. The number of carbonyl (C=O) groups is 4. The van der Waals surface area contributed by atoms with E-state index in [2.05, 4.69) is 4.74 Å². The number of rotatable bonds is 3. The number of nitrogens with two attached hydrogens (primary N) is 1. The average molecular weight is 375 g/mol. The van der Waals surface area contributed by atoms with Crippen molar-refractivity contribution in [3.8, 4) is 0 Å². The Bertz CT molecular complexity index is 855. The molecule has 4 atom stereocenters. The van der Waals surface area contributed by atoms with Crippen LogP contribution in [0.4, 0.5) is 5.69 Å². The van der Waals surface area contributed by atoms with Crippen LogP contribution in [0.25, 0.3) is 0 Å². The topological polar surface area (TPSA) is 142 Å². The highest BCUT2D eigenvalue weighted by Crippen LogP contribution is 2.46. The van der Waals surface area contributed by atoms with E-state index in [0.29, 0.717) is 5.69 Å². The maximum absolute atomic E-state index is 12.8. The van der Waals surface area contributed by atoms with Crippen LogP contribution in [0, 0.1) is 11.8 Å². The van der Waals surface area contributed by atoms with Gasteiger partial charge in [0.1, 0.15) is 17.8 Å². The van der Waals surface area contributed by atoms with Crippen molar-refractivity contribution in [2.75, 3.05) is 12.8 Å². The van der Waals surface area contributed by atoms with Crippen LogP contribution in [-0.4, -0.2) is 47.6 Å². The fourth-order valence-corrected chi connectivity index (χ4v) is 3.36. The number of ketones is 1. The molecule has 1 heterocycles. The Hall–Kier alpha value is -3.20. The van der Waals surface area contributed by atoms with Gasteiger partial charge in [0.05, 0.1) is 24.2 Å². The first-order chi connectivity index (χ1) is 12.7. The van der Waals surface area contributed by atoms with Crippen LogP contribution in [0.3, 0.4) is 0 Å². The Morgan fingerprint density at radius 1 is 1.19 bits per heavy atom. The van der Waals surface area contributed by atoms with Gasteiger partial charge in [-0.15, -0.1) is 0 Å². The van der Waals surface area contributed by atoms with Crippen molar-refractivity contribution in [3.63, 3.8) is 0 Å². The van der Waals surface area contributed by atoms with Gasteiger partial charge in [-0.2, -0.15) is 0 Å². The predicted molar refractivity (Wildman–Crippen MR) is 88.9 cm³/mol. The lowest BCUT2D eigenvalue weighted by molar-refractivity contribution is -0.159. The molecule has 1 fully saturated rings. The molecule has 0 bridgehead atoms. The van der Waals surface area contributed by atoms with Crippen molar-refractivity contribution < 1.29 is 38.5 Å². The first-order valence-electron chi connectivity index (χ1n) is 8.00. The number of cyclic esters (lactones) is 1. The van der Waals surface area contributed by atoms with Crippen molar-refractivity contribution in [2.24, 2.45) is 11.8 Å². The maximum Gasteiger partial charge on any atom is 0.338 e. The van der Waals surface area contributed by atoms with Gasteiger partial charge in [0, 0.05) is 5.69 Å². The third kappa shape index (κ3) is 2.95. The zero-order chi connectivity index (χ0) is 19.9. The van der Waals surface area contributed by atoms with Gasteiger partial charge >= 0.3 is 17.9 Å². The van der Waals surface area contributed by atoms with Gasteiger partial charge in [-0.05, 0) is 31.2 Å². The van der Waals surface area contributed by atoms with Crippen LogP contribution in [0.1, 0.15) is 17.3 Å². The van der Waals surface area contributed by atoms with Gasteiger partial charge in [0.2, 0.25) is 0 Å². The predicted octanol–water partition coefficient (Wildman–Crippen LogP) is -0.0260. The molecule has 1 aromatic carbocycles. The molecule has 0 unspecified atom stereocenters. The van der Waals surface area contributed by atoms with Crippen LogP contribution in [0.2, 0.25) is 0 Å². The Labute approximate surface area is 153 Å². The number of Topliss-reactive ketones (excluding diaryl/α,β-unsaturated/α-hetero) is 1. The summed E-state index contributed by atoms with van der Waals surface area (Å²) in [6.07, 6.45) is -0.843. The van der Waals surface area contributed by atoms with Crippen LogP contribution in [-0.2, 0) is 28.6 Å². The second-order valence-corrected chi connectivity index (χ2v) is 6.49. The molecular formula is C18H17NO8. The van der Waals surface area contributed by atoms with Gasteiger partial charge in [-0.25, -0.2) is 9.59 Å². The smallest absolute Gasteiger partial charge is 0.338 e.